The minimum Gasteiger partial charge on any atom is -0.318 e. The Balaban J connectivity index is 3.07. The molecule has 9 heavy (non-hydrogen) atoms. The summed E-state index contributed by atoms with van der Waals surface area (Å²) < 4.78 is 33.7. The number of likely N-dealkylation sites (N-methyl/N-ethyl adjacent to an activating group) is 1. The van der Waals surface area contributed by atoms with Crippen molar-refractivity contribution in [3.63, 3.8) is 0 Å². The molecule has 0 aliphatic carbocycles. The highest BCUT2D eigenvalue weighted by Gasteiger charge is 2.25. The molecular weight excluding hydrogens is 133 g/mol. The van der Waals surface area contributed by atoms with E-state index in [9.17, 15) is 13.2 Å². The van der Waals surface area contributed by atoms with Crippen LogP contribution in [0.15, 0.2) is 0 Å². The normalized spacial score (nSPS) is 12.0. The predicted molar refractivity (Wildman–Crippen MR) is 28.0 cm³/mol. The van der Waals surface area contributed by atoms with Crippen LogP contribution in [0.25, 0.3) is 0 Å². The van der Waals surface area contributed by atoms with E-state index in [1.807, 2.05) is 0 Å². The Morgan fingerprint density at radius 1 is 1.22 bits per heavy atom. The van der Waals surface area contributed by atoms with Crippen molar-refractivity contribution >= 4 is 0 Å². The molecule has 0 saturated heterocycles. The molecule has 5 heteroatoms. The smallest absolute Gasteiger partial charge is 0.318 e. The van der Waals surface area contributed by atoms with Crippen molar-refractivity contribution in [2.24, 2.45) is 0 Å². The van der Waals surface area contributed by atoms with Crippen molar-refractivity contribution in [3.05, 3.63) is 0 Å². The Morgan fingerprint density at radius 3 is 2.11 bits per heavy atom. The summed E-state index contributed by atoms with van der Waals surface area (Å²) in [6.07, 6.45) is -4.24. The second-order valence-corrected chi connectivity index (χ2v) is 1.53. The molecule has 0 bridgehead atoms. The maximum atomic E-state index is 11.2. The zero-order valence-corrected chi connectivity index (χ0v) is 5.05. The van der Waals surface area contributed by atoms with E-state index in [0.29, 0.717) is 6.54 Å². The van der Waals surface area contributed by atoms with Gasteiger partial charge in [-0.05, 0) is 7.05 Å². The highest BCUT2D eigenvalue weighted by Crippen LogP contribution is 2.07. The zero-order chi connectivity index (χ0) is 7.33. The second kappa shape index (κ2) is 3.68. The predicted octanol–water partition coefficient (Wildman–Crippen LogP) is 0.315. The Bertz CT molecular complexity index is 70.7. The first-order valence-electron chi connectivity index (χ1n) is 2.52. The summed E-state index contributed by atoms with van der Waals surface area (Å²) in [7, 11) is 1.60. The Morgan fingerprint density at radius 2 is 1.78 bits per heavy atom. The van der Waals surface area contributed by atoms with Crippen molar-refractivity contribution in [2.75, 3.05) is 20.1 Å². The SMILES string of the molecule is CNCCNC(F)(F)F. The van der Waals surface area contributed by atoms with Crippen LogP contribution in [0.5, 0.6) is 0 Å². The van der Waals surface area contributed by atoms with Gasteiger partial charge in [0.25, 0.3) is 0 Å². The average molecular weight is 142 g/mol. The van der Waals surface area contributed by atoms with Crippen molar-refractivity contribution in [3.8, 4) is 0 Å². The lowest BCUT2D eigenvalue weighted by Gasteiger charge is -2.06. The fourth-order valence-electron chi connectivity index (χ4n) is 0.329. The van der Waals surface area contributed by atoms with Gasteiger partial charge in [-0.2, -0.15) is 13.2 Å². The van der Waals surface area contributed by atoms with Crippen LogP contribution in [0.1, 0.15) is 0 Å². The molecule has 0 rings (SSSR count). The Labute approximate surface area is 51.4 Å². The van der Waals surface area contributed by atoms with E-state index >= 15 is 0 Å². The van der Waals surface area contributed by atoms with Crippen molar-refractivity contribution in [2.45, 2.75) is 6.30 Å². The molecule has 0 amide bonds. The molecule has 0 atom stereocenters. The fourth-order valence-corrected chi connectivity index (χ4v) is 0.329. The second-order valence-electron chi connectivity index (χ2n) is 1.53. The summed E-state index contributed by atoms with van der Waals surface area (Å²) >= 11 is 0. The standard InChI is InChI=1S/C4H9F3N2/c1-8-2-3-9-4(5,6)7/h8-9H,2-3H2,1H3. The van der Waals surface area contributed by atoms with E-state index in [-0.39, 0.29) is 6.54 Å². The van der Waals surface area contributed by atoms with Gasteiger partial charge in [0, 0.05) is 13.1 Å². The molecule has 0 aromatic carbocycles. The number of nitrogens with one attached hydrogen (secondary N) is 2. The van der Waals surface area contributed by atoms with E-state index in [4.69, 9.17) is 0 Å². The topological polar surface area (TPSA) is 24.1 Å². The highest BCUT2D eigenvalue weighted by atomic mass is 19.4. The van der Waals surface area contributed by atoms with Crippen LogP contribution in [0.4, 0.5) is 13.2 Å². The van der Waals surface area contributed by atoms with E-state index in [1.54, 1.807) is 7.05 Å². The monoisotopic (exact) mass is 142 g/mol. The van der Waals surface area contributed by atoms with Crippen LogP contribution in [0.3, 0.4) is 0 Å². The van der Waals surface area contributed by atoms with Gasteiger partial charge in [-0.15, -0.1) is 0 Å². The van der Waals surface area contributed by atoms with Gasteiger partial charge in [0.15, 0.2) is 0 Å². The van der Waals surface area contributed by atoms with Crippen molar-refractivity contribution < 1.29 is 13.2 Å². The molecule has 0 unspecified atom stereocenters. The van der Waals surface area contributed by atoms with Gasteiger partial charge >= 0.3 is 6.30 Å². The average Bonchev–Trinajstić information content (AvgIpc) is 1.63. The van der Waals surface area contributed by atoms with Gasteiger partial charge in [0.2, 0.25) is 0 Å². The fraction of sp³-hybridized carbons (Fsp3) is 1.00. The van der Waals surface area contributed by atoms with Crippen molar-refractivity contribution in [1.29, 1.82) is 0 Å². The minimum absolute atomic E-state index is 0.0833. The van der Waals surface area contributed by atoms with Crippen LogP contribution in [0, 0.1) is 0 Å². The van der Waals surface area contributed by atoms with Gasteiger partial charge in [0.05, 0.1) is 0 Å². The third-order valence-electron chi connectivity index (χ3n) is 0.700. The van der Waals surface area contributed by atoms with Gasteiger partial charge in [-0.1, -0.05) is 0 Å². The largest absolute Gasteiger partial charge is 0.457 e. The molecule has 0 aromatic heterocycles. The molecule has 0 aliphatic rings. The minimum atomic E-state index is -4.24. The first kappa shape index (κ1) is 8.71. The molecule has 0 aliphatic heterocycles. The van der Waals surface area contributed by atoms with Gasteiger partial charge in [-0.3, -0.25) is 0 Å². The molecule has 0 fully saturated rings. The summed E-state index contributed by atoms with van der Waals surface area (Å²) in [5, 5.41) is 3.94. The van der Waals surface area contributed by atoms with E-state index in [2.05, 4.69) is 5.32 Å². The third-order valence-corrected chi connectivity index (χ3v) is 0.700. The third kappa shape index (κ3) is 7.71. The highest BCUT2D eigenvalue weighted by molar-refractivity contribution is 4.49. The maximum Gasteiger partial charge on any atom is 0.457 e. The maximum absolute atomic E-state index is 11.2. The van der Waals surface area contributed by atoms with Crippen LogP contribution in [0.2, 0.25) is 0 Å². The van der Waals surface area contributed by atoms with Crippen LogP contribution < -0.4 is 10.6 Å². The van der Waals surface area contributed by atoms with Gasteiger partial charge in [0.1, 0.15) is 0 Å². The molecule has 2 nitrogen and oxygen atoms in total. The van der Waals surface area contributed by atoms with Gasteiger partial charge in [-0.25, -0.2) is 5.32 Å². The van der Waals surface area contributed by atoms with Gasteiger partial charge < -0.3 is 5.32 Å². The van der Waals surface area contributed by atoms with Crippen LogP contribution in [-0.4, -0.2) is 26.4 Å². The lowest BCUT2D eigenvalue weighted by Crippen LogP contribution is -2.36. The quantitative estimate of drug-likeness (QED) is 0.438. The first-order valence-corrected chi connectivity index (χ1v) is 2.52. The molecule has 0 spiro atoms. The molecule has 2 N–H and O–H groups in total. The zero-order valence-electron chi connectivity index (χ0n) is 5.05. The summed E-state index contributed by atoms with van der Waals surface area (Å²) in [6.45, 7) is 0.236. The molecular formula is C4H9F3N2. The summed E-state index contributed by atoms with van der Waals surface area (Å²) in [5.41, 5.74) is 0. The number of halogens is 3. The van der Waals surface area contributed by atoms with E-state index in [1.165, 1.54) is 5.32 Å². The van der Waals surface area contributed by atoms with E-state index < -0.39 is 6.30 Å². The number of hydrogen-bond donors (Lipinski definition) is 2. The summed E-state index contributed by atoms with van der Waals surface area (Å²) in [6, 6.07) is 0. The van der Waals surface area contributed by atoms with E-state index in [0.717, 1.165) is 0 Å². The summed E-state index contributed by atoms with van der Waals surface area (Å²) in [4.78, 5) is 0. The molecule has 0 saturated carbocycles. The molecule has 0 aromatic rings. The van der Waals surface area contributed by atoms with Crippen molar-refractivity contribution in [1.82, 2.24) is 10.6 Å². The molecule has 0 radical (unpaired) electrons. The number of rotatable bonds is 3. The lowest BCUT2D eigenvalue weighted by molar-refractivity contribution is -0.156. The van der Waals surface area contributed by atoms with Crippen LogP contribution in [-0.2, 0) is 0 Å². The molecule has 56 valence electrons. The summed E-state index contributed by atoms with van der Waals surface area (Å²) in [5.74, 6) is 0. The first-order chi connectivity index (χ1) is 4.06. The Hall–Kier alpha value is -0.290. The Kier molecular flexibility index (Phi) is 3.56. The number of hydrogen-bond acceptors (Lipinski definition) is 2. The number of alkyl halides is 3. The molecule has 0 heterocycles. The lowest BCUT2D eigenvalue weighted by atomic mass is 10.6. The van der Waals surface area contributed by atoms with Crippen LogP contribution >= 0.6 is 0 Å².